The van der Waals surface area contributed by atoms with Crippen LogP contribution in [-0.4, -0.2) is 36.3 Å². The average Bonchev–Trinajstić information content (AvgIpc) is 3.19. The van der Waals surface area contributed by atoms with Gasteiger partial charge in [0.05, 0.1) is 33.6 Å². The molecule has 2 aromatic carbocycles. The largest absolute Gasteiger partial charge is 0.323 e. The molecular weight excluding hydrogens is 411 g/mol. The molecule has 4 rings (SSSR count). The summed E-state index contributed by atoms with van der Waals surface area (Å²) < 4.78 is 15.5. The zero-order valence-electron chi connectivity index (χ0n) is 15.2. The number of thioether (sulfide) groups is 1. The third-order valence-electron chi connectivity index (χ3n) is 4.10. The lowest BCUT2D eigenvalue weighted by molar-refractivity contribution is -0.384. The van der Waals surface area contributed by atoms with Gasteiger partial charge in [0.15, 0.2) is 5.65 Å². The van der Waals surface area contributed by atoms with Gasteiger partial charge >= 0.3 is 0 Å². The molecule has 0 saturated carbocycles. The summed E-state index contributed by atoms with van der Waals surface area (Å²) in [6, 6.07) is 12.4. The SMILES string of the molecule is O=C(CSc1ncnc2c1cnn2-c1ccccc1)Nc1cc([N+](=O)[O-])ccc1F. The highest BCUT2D eigenvalue weighted by Crippen LogP contribution is 2.26. The quantitative estimate of drug-likeness (QED) is 0.218. The number of halogens is 1. The summed E-state index contributed by atoms with van der Waals surface area (Å²) in [6.07, 6.45) is 2.99. The van der Waals surface area contributed by atoms with Gasteiger partial charge in [-0.25, -0.2) is 19.0 Å². The zero-order chi connectivity index (χ0) is 21.1. The van der Waals surface area contributed by atoms with Crippen molar-refractivity contribution in [2.24, 2.45) is 0 Å². The third kappa shape index (κ3) is 3.96. The van der Waals surface area contributed by atoms with E-state index in [1.807, 2.05) is 30.3 Å². The molecule has 0 aliphatic carbocycles. The number of rotatable bonds is 6. The molecule has 1 amide bonds. The molecular formula is C19H13FN6O3S. The van der Waals surface area contributed by atoms with Gasteiger partial charge in [0.25, 0.3) is 5.69 Å². The summed E-state index contributed by atoms with van der Waals surface area (Å²) in [6.45, 7) is 0. The number of nitrogens with one attached hydrogen (secondary N) is 1. The fourth-order valence-corrected chi connectivity index (χ4v) is 3.50. The van der Waals surface area contributed by atoms with Gasteiger partial charge in [-0.1, -0.05) is 30.0 Å². The van der Waals surface area contributed by atoms with Gasteiger partial charge in [0.2, 0.25) is 5.91 Å². The molecule has 0 radical (unpaired) electrons. The highest BCUT2D eigenvalue weighted by molar-refractivity contribution is 8.00. The lowest BCUT2D eigenvalue weighted by Crippen LogP contribution is -2.15. The molecule has 4 aromatic rings. The summed E-state index contributed by atoms with van der Waals surface area (Å²) in [5.41, 5.74) is 0.856. The standard InChI is InChI=1S/C19H13FN6O3S/c20-15-7-6-13(26(28)29)8-16(15)24-17(27)10-30-19-14-9-23-25(18(14)21-11-22-19)12-4-2-1-3-5-12/h1-9,11H,10H2,(H,24,27). The van der Waals surface area contributed by atoms with Crippen molar-refractivity contribution in [2.45, 2.75) is 5.03 Å². The minimum atomic E-state index is -0.757. The summed E-state index contributed by atoms with van der Waals surface area (Å²) in [4.78, 5) is 30.9. The number of anilines is 1. The molecule has 0 saturated heterocycles. The van der Waals surface area contributed by atoms with Crippen molar-refractivity contribution in [2.75, 3.05) is 11.1 Å². The number of para-hydroxylation sites is 1. The van der Waals surface area contributed by atoms with Crippen LogP contribution in [0.4, 0.5) is 15.8 Å². The number of hydrogen-bond acceptors (Lipinski definition) is 7. The molecule has 0 aliphatic rings. The number of benzene rings is 2. The maximum Gasteiger partial charge on any atom is 0.271 e. The predicted molar refractivity (Wildman–Crippen MR) is 109 cm³/mol. The Bertz CT molecular complexity index is 1250. The Morgan fingerprint density at radius 2 is 2.00 bits per heavy atom. The van der Waals surface area contributed by atoms with E-state index in [1.165, 1.54) is 6.33 Å². The van der Waals surface area contributed by atoms with E-state index in [0.717, 1.165) is 35.6 Å². The monoisotopic (exact) mass is 424 g/mol. The van der Waals surface area contributed by atoms with E-state index in [1.54, 1.807) is 10.9 Å². The molecule has 30 heavy (non-hydrogen) atoms. The Kier molecular flexibility index (Phi) is 5.35. The summed E-state index contributed by atoms with van der Waals surface area (Å²) in [7, 11) is 0. The molecule has 0 unspecified atom stereocenters. The Morgan fingerprint density at radius 1 is 1.20 bits per heavy atom. The number of carbonyl (C=O) groups excluding carboxylic acids is 1. The maximum absolute atomic E-state index is 13.9. The molecule has 9 nitrogen and oxygen atoms in total. The van der Waals surface area contributed by atoms with Crippen LogP contribution in [0.15, 0.2) is 66.1 Å². The summed E-state index contributed by atoms with van der Waals surface area (Å²) >= 11 is 1.13. The zero-order valence-corrected chi connectivity index (χ0v) is 16.0. The van der Waals surface area contributed by atoms with E-state index in [2.05, 4.69) is 20.4 Å². The topological polar surface area (TPSA) is 116 Å². The first-order valence-electron chi connectivity index (χ1n) is 8.63. The van der Waals surface area contributed by atoms with Gasteiger partial charge in [0.1, 0.15) is 17.2 Å². The first-order valence-corrected chi connectivity index (χ1v) is 9.62. The third-order valence-corrected chi connectivity index (χ3v) is 5.11. The molecule has 1 N–H and O–H groups in total. The summed E-state index contributed by atoms with van der Waals surface area (Å²) in [5, 5.41) is 18.7. The van der Waals surface area contributed by atoms with Crippen molar-refractivity contribution < 1.29 is 14.1 Å². The number of hydrogen-bond donors (Lipinski definition) is 1. The molecule has 0 fully saturated rings. The van der Waals surface area contributed by atoms with Crippen LogP contribution in [0.3, 0.4) is 0 Å². The fraction of sp³-hybridized carbons (Fsp3) is 0.0526. The Morgan fingerprint density at radius 3 is 2.77 bits per heavy atom. The molecule has 0 atom stereocenters. The minimum Gasteiger partial charge on any atom is -0.323 e. The number of nitro benzene ring substituents is 1. The van der Waals surface area contributed by atoms with E-state index < -0.39 is 16.6 Å². The first-order chi connectivity index (χ1) is 14.5. The van der Waals surface area contributed by atoms with E-state index in [0.29, 0.717) is 16.1 Å². The molecule has 0 bridgehead atoms. The van der Waals surface area contributed by atoms with Crippen LogP contribution in [0.25, 0.3) is 16.7 Å². The van der Waals surface area contributed by atoms with E-state index in [9.17, 15) is 19.3 Å². The van der Waals surface area contributed by atoms with Gasteiger partial charge in [-0.15, -0.1) is 0 Å². The van der Waals surface area contributed by atoms with Crippen molar-refractivity contribution in [1.29, 1.82) is 0 Å². The van der Waals surface area contributed by atoms with E-state index >= 15 is 0 Å². The lowest BCUT2D eigenvalue weighted by atomic mass is 10.2. The first kappa shape index (κ1) is 19.5. The fourth-order valence-electron chi connectivity index (χ4n) is 2.74. The van der Waals surface area contributed by atoms with Crippen molar-refractivity contribution in [1.82, 2.24) is 19.7 Å². The van der Waals surface area contributed by atoms with Crippen LogP contribution in [0.5, 0.6) is 0 Å². The van der Waals surface area contributed by atoms with Crippen molar-refractivity contribution in [3.63, 3.8) is 0 Å². The van der Waals surface area contributed by atoms with Gasteiger partial charge < -0.3 is 5.32 Å². The van der Waals surface area contributed by atoms with Crippen LogP contribution in [0.1, 0.15) is 0 Å². The lowest BCUT2D eigenvalue weighted by Gasteiger charge is -2.07. The number of fused-ring (bicyclic) bond motifs is 1. The minimum absolute atomic E-state index is 0.0786. The number of carbonyl (C=O) groups is 1. The highest BCUT2D eigenvalue weighted by Gasteiger charge is 2.15. The van der Waals surface area contributed by atoms with Crippen molar-refractivity contribution in [3.8, 4) is 5.69 Å². The molecule has 2 aromatic heterocycles. The van der Waals surface area contributed by atoms with Gasteiger partial charge in [0, 0.05) is 12.1 Å². The van der Waals surface area contributed by atoms with E-state index in [4.69, 9.17) is 0 Å². The molecule has 11 heteroatoms. The van der Waals surface area contributed by atoms with Gasteiger partial charge in [-0.05, 0) is 18.2 Å². The van der Waals surface area contributed by atoms with Crippen molar-refractivity contribution in [3.05, 3.63) is 77.0 Å². The molecule has 2 heterocycles. The van der Waals surface area contributed by atoms with Crippen molar-refractivity contribution >= 4 is 40.1 Å². The number of nitrogens with zero attached hydrogens (tertiary/aromatic N) is 5. The second-order valence-electron chi connectivity index (χ2n) is 6.07. The number of non-ortho nitro benzene ring substituents is 1. The predicted octanol–water partition coefficient (Wildman–Crippen LogP) is 3.59. The maximum atomic E-state index is 13.9. The Labute approximate surface area is 173 Å². The van der Waals surface area contributed by atoms with E-state index in [-0.39, 0.29) is 17.1 Å². The van der Waals surface area contributed by atoms with Crippen LogP contribution in [0, 0.1) is 15.9 Å². The number of aromatic nitrogens is 4. The molecule has 0 spiro atoms. The second kappa shape index (κ2) is 8.25. The average molecular weight is 424 g/mol. The van der Waals surface area contributed by atoms with Crippen LogP contribution < -0.4 is 5.32 Å². The van der Waals surface area contributed by atoms with Crippen LogP contribution in [-0.2, 0) is 4.79 Å². The van der Waals surface area contributed by atoms with Crippen LogP contribution in [0.2, 0.25) is 0 Å². The molecule has 0 aliphatic heterocycles. The summed E-state index contributed by atoms with van der Waals surface area (Å²) in [5.74, 6) is -1.36. The van der Waals surface area contributed by atoms with Gasteiger partial charge in [-0.2, -0.15) is 5.10 Å². The normalized spacial score (nSPS) is 10.8. The highest BCUT2D eigenvalue weighted by atomic mass is 32.2. The van der Waals surface area contributed by atoms with Crippen LogP contribution >= 0.6 is 11.8 Å². The number of nitro groups is 1. The smallest absolute Gasteiger partial charge is 0.271 e. The Balaban J connectivity index is 1.50. The number of amides is 1. The Hall–Kier alpha value is -3.86. The van der Waals surface area contributed by atoms with Gasteiger partial charge in [-0.3, -0.25) is 14.9 Å². The molecule has 150 valence electrons. The second-order valence-corrected chi connectivity index (χ2v) is 7.03.